The number of carboxylic acids is 1. The lowest BCUT2D eigenvalue weighted by molar-refractivity contribution is -0.142. The summed E-state index contributed by atoms with van der Waals surface area (Å²) in [5.74, 6) is -1.61. The molecule has 1 aliphatic rings. The number of aliphatic carboxylic acids is 1. The SMILES string of the molecule is Cc1cc(Br)c(F)cc1NC(=O)N1CCC(C)C1C(=O)O. The fourth-order valence-corrected chi connectivity index (χ4v) is 2.98. The Hall–Kier alpha value is -1.63. The number of hydrogen-bond donors (Lipinski definition) is 2. The van der Waals surface area contributed by atoms with Gasteiger partial charge in [-0.25, -0.2) is 14.0 Å². The van der Waals surface area contributed by atoms with Gasteiger partial charge in [0, 0.05) is 12.2 Å². The molecule has 1 aromatic rings. The molecule has 114 valence electrons. The molecule has 1 aromatic carbocycles. The van der Waals surface area contributed by atoms with Crippen LogP contribution in [-0.4, -0.2) is 34.6 Å². The zero-order chi connectivity index (χ0) is 15.7. The van der Waals surface area contributed by atoms with Crippen LogP contribution in [0.2, 0.25) is 0 Å². The average Bonchev–Trinajstić information content (AvgIpc) is 2.78. The molecule has 5 nitrogen and oxygen atoms in total. The van der Waals surface area contributed by atoms with Gasteiger partial charge in [0.2, 0.25) is 0 Å². The Kier molecular flexibility index (Phi) is 4.51. The molecule has 0 aliphatic carbocycles. The summed E-state index contributed by atoms with van der Waals surface area (Å²) in [6, 6.07) is 1.42. The molecular weight excluding hydrogens is 343 g/mol. The van der Waals surface area contributed by atoms with E-state index in [-0.39, 0.29) is 5.92 Å². The number of carboxylic acid groups (broad SMARTS) is 1. The van der Waals surface area contributed by atoms with Crippen LogP contribution in [0.1, 0.15) is 18.9 Å². The molecule has 0 saturated carbocycles. The van der Waals surface area contributed by atoms with Crippen LogP contribution in [0.3, 0.4) is 0 Å². The molecule has 7 heteroatoms. The van der Waals surface area contributed by atoms with Crippen molar-refractivity contribution < 1.29 is 19.1 Å². The summed E-state index contributed by atoms with van der Waals surface area (Å²) in [6.07, 6.45) is 0.637. The Morgan fingerprint density at radius 2 is 2.14 bits per heavy atom. The Morgan fingerprint density at radius 3 is 2.76 bits per heavy atom. The van der Waals surface area contributed by atoms with Crippen LogP contribution < -0.4 is 5.32 Å². The molecular formula is C14H16BrFN2O3. The fourth-order valence-electron chi connectivity index (χ4n) is 2.52. The molecule has 2 amide bonds. The van der Waals surface area contributed by atoms with Gasteiger partial charge in [0.25, 0.3) is 0 Å². The monoisotopic (exact) mass is 358 g/mol. The normalized spacial score (nSPS) is 21.4. The summed E-state index contributed by atoms with van der Waals surface area (Å²) in [4.78, 5) is 24.8. The number of halogens is 2. The molecule has 2 unspecified atom stereocenters. The van der Waals surface area contributed by atoms with E-state index in [2.05, 4.69) is 21.2 Å². The number of nitrogens with zero attached hydrogens (tertiary/aromatic N) is 1. The first-order valence-electron chi connectivity index (χ1n) is 6.57. The van der Waals surface area contributed by atoms with E-state index in [0.717, 1.165) is 0 Å². The lowest BCUT2D eigenvalue weighted by Gasteiger charge is -2.24. The van der Waals surface area contributed by atoms with Crippen molar-refractivity contribution in [2.75, 3.05) is 11.9 Å². The maximum absolute atomic E-state index is 13.5. The maximum Gasteiger partial charge on any atom is 0.326 e. The molecule has 2 rings (SSSR count). The number of anilines is 1. The van der Waals surface area contributed by atoms with E-state index >= 15 is 0 Å². The number of carbonyl (C=O) groups is 2. The first kappa shape index (κ1) is 15.8. The van der Waals surface area contributed by atoms with Gasteiger partial charge in [-0.3, -0.25) is 0 Å². The van der Waals surface area contributed by atoms with E-state index in [4.69, 9.17) is 0 Å². The number of rotatable bonds is 2. The minimum atomic E-state index is -1.02. The molecule has 0 aromatic heterocycles. The fraction of sp³-hybridized carbons (Fsp3) is 0.429. The van der Waals surface area contributed by atoms with E-state index in [0.29, 0.717) is 28.7 Å². The number of benzene rings is 1. The van der Waals surface area contributed by atoms with Crippen LogP contribution >= 0.6 is 15.9 Å². The number of carbonyl (C=O) groups excluding carboxylic acids is 1. The number of aryl methyl sites for hydroxylation is 1. The van der Waals surface area contributed by atoms with Gasteiger partial charge in [-0.05, 0) is 52.9 Å². The van der Waals surface area contributed by atoms with Crippen molar-refractivity contribution >= 4 is 33.6 Å². The number of nitrogens with one attached hydrogen (secondary N) is 1. The van der Waals surface area contributed by atoms with Crippen LogP contribution in [0, 0.1) is 18.7 Å². The number of hydrogen-bond acceptors (Lipinski definition) is 2. The Morgan fingerprint density at radius 1 is 1.48 bits per heavy atom. The summed E-state index contributed by atoms with van der Waals surface area (Å²) < 4.78 is 13.9. The molecule has 0 bridgehead atoms. The molecule has 21 heavy (non-hydrogen) atoms. The highest BCUT2D eigenvalue weighted by molar-refractivity contribution is 9.10. The Labute approximate surface area is 130 Å². The van der Waals surface area contributed by atoms with Crippen molar-refractivity contribution in [2.24, 2.45) is 5.92 Å². The van der Waals surface area contributed by atoms with Crippen LogP contribution in [0.5, 0.6) is 0 Å². The van der Waals surface area contributed by atoms with Crippen LogP contribution in [-0.2, 0) is 4.79 Å². The zero-order valence-electron chi connectivity index (χ0n) is 11.7. The lowest BCUT2D eigenvalue weighted by Crippen LogP contribution is -2.44. The summed E-state index contributed by atoms with van der Waals surface area (Å²) in [5, 5.41) is 11.8. The largest absolute Gasteiger partial charge is 0.480 e. The quantitative estimate of drug-likeness (QED) is 0.852. The Balaban J connectivity index is 2.18. The average molecular weight is 359 g/mol. The van der Waals surface area contributed by atoms with Crippen molar-refractivity contribution in [3.63, 3.8) is 0 Å². The van der Waals surface area contributed by atoms with Crippen molar-refractivity contribution in [3.8, 4) is 0 Å². The molecule has 2 atom stereocenters. The topological polar surface area (TPSA) is 69.6 Å². The molecule has 1 saturated heterocycles. The van der Waals surface area contributed by atoms with E-state index in [9.17, 15) is 19.1 Å². The van der Waals surface area contributed by atoms with Gasteiger partial charge in [-0.1, -0.05) is 6.92 Å². The van der Waals surface area contributed by atoms with E-state index in [1.54, 1.807) is 19.9 Å². The number of likely N-dealkylation sites (tertiary alicyclic amines) is 1. The zero-order valence-corrected chi connectivity index (χ0v) is 13.3. The van der Waals surface area contributed by atoms with Gasteiger partial charge in [-0.2, -0.15) is 0 Å². The second kappa shape index (κ2) is 6.01. The van der Waals surface area contributed by atoms with Crippen molar-refractivity contribution in [3.05, 3.63) is 28.0 Å². The minimum absolute atomic E-state index is 0.101. The molecule has 1 heterocycles. The molecule has 1 fully saturated rings. The third-order valence-corrected chi connectivity index (χ3v) is 4.33. The number of urea groups is 1. The lowest BCUT2D eigenvalue weighted by atomic mass is 10.0. The second-order valence-electron chi connectivity index (χ2n) is 5.25. The smallest absolute Gasteiger partial charge is 0.326 e. The highest BCUT2D eigenvalue weighted by Gasteiger charge is 2.39. The predicted molar refractivity (Wildman–Crippen MR) is 79.8 cm³/mol. The second-order valence-corrected chi connectivity index (χ2v) is 6.11. The third kappa shape index (κ3) is 3.18. The van der Waals surface area contributed by atoms with Gasteiger partial charge in [-0.15, -0.1) is 0 Å². The standard InChI is InChI=1S/C14H16BrFN2O3/c1-7-3-4-18(12(7)13(19)20)14(21)17-11-6-10(16)9(15)5-8(11)2/h5-7,12H,3-4H2,1-2H3,(H,17,21)(H,19,20). The molecule has 0 spiro atoms. The van der Waals surface area contributed by atoms with Crippen LogP contribution in [0.4, 0.5) is 14.9 Å². The van der Waals surface area contributed by atoms with E-state index in [1.807, 2.05) is 0 Å². The highest BCUT2D eigenvalue weighted by atomic mass is 79.9. The first-order valence-corrected chi connectivity index (χ1v) is 7.36. The summed E-state index contributed by atoms with van der Waals surface area (Å²) in [6.45, 7) is 3.92. The summed E-state index contributed by atoms with van der Waals surface area (Å²) >= 11 is 3.07. The molecule has 0 radical (unpaired) electrons. The number of amides is 2. The van der Waals surface area contributed by atoms with Gasteiger partial charge in [0.15, 0.2) is 0 Å². The predicted octanol–water partition coefficient (Wildman–Crippen LogP) is 3.22. The van der Waals surface area contributed by atoms with Crippen LogP contribution in [0.25, 0.3) is 0 Å². The highest BCUT2D eigenvalue weighted by Crippen LogP contribution is 2.27. The van der Waals surface area contributed by atoms with Crippen molar-refractivity contribution in [1.82, 2.24) is 4.90 Å². The van der Waals surface area contributed by atoms with Gasteiger partial charge in [0.05, 0.1) is 4.47 Å². The molecule has 2 N–H and O–H groups in total. The summed E-state index contributed by atoms with van der Waals surface area (Å²) in [7, 11) is 0. The van der Waals surface area contributed by atoms with Crippen molar-refractivity contribution in [1.29, 1.82) is 0 Å². The van der Waals surface area contributed by atoms with Crippen molar-refractivity contribution in [2.45, 2.75) is 26.3 Å². The van der Waals surface area contributed by atoms with Gasteiger partial charge in [0.1, 0.15) is 11.9 Å². The summed E-state index contributed by atoms with van der Waals surface area (Å²) in [5.41, 5.74) is 1.03. The minimum Gasteiger partial charge on any atom is -0.480 e. The third-order valence-electron chi connectivity index (χ3n) is 3.72. The maximum atomic E-state index is 13.5. The van der Waals surface area contributed by atoms with E-state index in [1.165, 1.54) is 11.0 Å². The van der Waals surface area contributed by atoms with Gasteiger partial charge < -0.3 is 15.3 Å². The Bertz CT molecular complexity index is 594. The van der Waals surface area contributed by atoms with Gasteiger partial charge >= 0.3 is 12.0 Å². The molecule has 1 aliphatic heterocycles. The van der Waals surface area contributed by atoms with E-state index < -0.39 is 23.9 Å². The first-order chi connectivity index (χ1) is 9.81. The van der Waals surface area contributed by atoms with Crippen LogP contribution in [0.15, 0.2) is 16.6 Å².